The van der Waals surface area contributed by atoms with Crippen molar-refractivity contribution < 1.29 is 0 Å². The van der Waals surface area contributed by atoms with Gasteiger partial charge in [-0.3, -0.25) is 4.98 Å². The lowest BCUT2D eigenvalue weighted by molar-refractivity contribution is 1.42. The van der Waals surface area contributed by atoms with E-state index in [2.05, 4.69) is 18.9 Å². The van der Waals surface area contributed by atoms with E-state index in [-0.39, 0.29) is 0 Å². The van der Waals surface area contributed by atoms with Crippen LogP contribution in [0.2, 0.25) is 0 Å². The van der Waals surface area contributed by atoms with Crippen molar-refractivity contribution in [1.29, 1.82) is 0 Å². The molecule has 0 aliphatic heterocycles. The maximum absolute atomic E-state index is 4.24. The second kappa shape index (κ2) is 2.38. The zero-order valence-electron chi connectivity index (χ0n) is 6.41. The Morgan fingerprint density at radius 3 is 2.73 bits per heavy atom. The van der Waals surface area contributed by atoms with Crippen LogP contribution in [0.4, 0.5) is 0 Å². The van der Waals surface area contributed by atoms with Crippen LogP contribution in [0.25, 0.3) is 10.9 Å². The molecular formula is C9H8BN. The van der Waals surface area contributed by atoms with Gasteiger partial charge in [-0.15, -0.1) is 0 Å². The molecule has 0 saturated carbocycles. The Balaban J connectivity index is 2.91. The fourth-order valence-electron chi connectivity index (χ4n) is 1.24. The Bertz CT molecular complexity index is 379. The number of benzene rings is 1. The van der Waals surface area contributed by atoms with Crippen LogP contribution in [0.15, 0.2) is 36.5 Å². The normalized spacial score (nSPS) is 10.2. The van der Waals surface area contributed by atoms with Crippen LogP contribution in [0.1, 0.15) is 0 Å². The third kappa shape index (κ3) is 1.00. The summed E-state index contributed by atoms with van der Waals surface area (Å²) in [6.07, 6.45) is 1.84. The molecule has 0 fully saturated rings. The maximum Gasteiger partial charge on any atom is 0.140 e. The highest BCUT2D eigenvalue weighted by atomic mass is 14.6. The molecule has 52 valence electrons. The standard InChI is InChI=1S/C9H8BN/c10-8-5-6-11-9-4-2-1-3-7(8)9/h1-6H,10H2. The summed E-state index contributed by atoms with van der Waals surface area (Å²) in [5.74, 6) is 0. The first-order valence-electron chi connectivity index (χ1n) is 3.68. The minimum atomic E-state index is 1.08. The molecule has 0 spiro atoms. The molecule has 0 unspecified atom stereocenters. The molecule has 0 amide bonds. The summed E-state index contributed by atoms with van der Waals surface area (Å²) in [7, 11) is 2.10. The summed E-state index contributed by atoms with van der Waals surface area (Å²) in [4.78, 5) is 4.24. The molecule has 2 heteroatoms. The van der Waals surface area contributed by atoms with Crippen molar-refractivity contribution in [3.63, 3.8) is 0 Å². The van der Waals surface area contributed by atoms with Gasteiger partial charge in [0.2, 0.25) is 0 Å². The minimum absolute atomic E-state index is 1.08. The van der Waals surface area contributed by atoms with E-state index in [9.17, 15) is 0 Å². The van der Waals surface area contributed by atoms with Crippen LogP contribution in [0, 0.1) is 0 Å². The predicted molar refractivity (Wildman–Crippen MR) is 49.9 cm³/mol. The second-order valence-corrected chi connectivity index (χ2v) is 2.64. The van der Waals surface area contributed by atoms with Crippen LogP contribution in [0.5, 0.6) is 0 Å². The van der Waals surface area contributed by atoms with E-state index in [1.807, 2.05) is 30.5 Å². The molecule has 0 aliphatic carbocycles. The van der Waals surface area contributed by atoms with Crippen LogP contribution in [0.3, 0.4) is 0 Å². The molecule has 0 N–H and O–H groups in total. The first-order valence-corrected chi connectivity index (χ1v) is 3.68. The Morgan fingerprint density at radius 2 is 1.91 bits per heavy atom. The van der Waals surface area contributed by atoms with Gasteiger partial charge in [-0.1, -0.05) is 23.7 Å². The molecule has 0 saturated heterocycles. The number of rotatable bonds is 0. The van der Waals surface area contributed by atoms with Crippen molar-refractivity contribution in [2.24, 2.45) is 0 Å². The van der Waals surface area contributed by atoms with E-state index < -0.39 is 0 Å². The topological polar surface area (TPSA) is 12.9 Å². The zero-order chi connectivity index (χ0) is 7.68. The Kier molecular flexibility index (Phi) is 1.39. The number of aromatic nitrogens is 1. The molecule has 1 nitrogen and oxygen atoms in total. The van der Waals surface area contributed by atoms with Gasteiger partial charge in [0.15, 0.2) is 0 Å². The lowest BCUT2D eigenvalue weighted by Gasteiger charge is -1.98. The summed E-state index contributed by atoms with van der Waals surface area (Å²) in [5, 5.41) is 1.25. The van der Waals surface area contributed by atoms with Gasteiger partial charge >= 0.3 is 0 Å². The monoisotopic (exact) mass is 141 g/mol. The highest BCUT2D eigenvalue weighted by Gasteiger charge is 1.93. The largest absolute Gasteiger partial charge is 0.256 e. The molecule has 0 atom stereocenters. The number of hydrogen-bond acceptors (Lipinski definition) is 1. The van der Waals surface area contributed by atoms with Gasteiger partial charge < -0.3 is 0 Å². The Morgan fingerprint density at radius 1 is 1.09 bits per heavy atom. The molecule has 11 heavy (non-hydrogen) atoms. The number of hydrogen-bond donors (Lipinski definition) is 0. The van der Waals surface area contributed by atoms with Crippen LogP contribution in [-0.4, -0.2) is 12.8 Å². The van der Waals surface area contributed by atoms with Gasteiger partial charge in [-0.2, -0.15) is 0 Å². The maximum atomic E-state index is 4.24. The van der Waals surface area contributed by atoms with Crippen LogP contribution < -0.4 is 5.46 Å². The summed E-state index contributed by atoms with van der Waals surface area (Å²) < 4.78 is 0. The van der Waals surface area contributed by atoms with E-state index >= 15 is 0 Å². The van der Waals surface area contributed by atoms with Crippen LogP contribution in [-0.2, 0) is 0 Å². The van der Waals surface area contributed by atoms with Crippen molar-refractivity contribution in [2.75, 3.05) is 0 Å². The SMILES string of the molecule is Bc1ccnc2ccccc12. The number of nitrogens with zero attached hydrogens (tertiary/aromatic N) is 1. The summed E-state index contributed by atoms with van der Waals surface area (Å²) in [5.41, 5.74) is 2.36. The van der Waals surface area contributed by atoms with Gasteiger partial charge in [0, 0.05) is 6.20 Å². The highest BCUT2D eigenvalue weighted by Crippen LogP contribution is 2.05. The van der Waals surface area contributed by atoms with Crippen LogP contribution >= 0.6 is 0 Å². The van der Waals surface area contributed by atoms with Gasteiger partial charge in [0.05, 0.1) is 5.52 Å². The van der Waals surface area contributed by atoms with Crippen molar-refractivity contribution in [3.05, 3.63) is 36.5 Å². The number of fused-ring (bicyclic) bond motifs is 1. The van der Waals surface area contributed by atoms with E-state index in [1.165, 1.54) is 10.8 Å². The third-order valence-corrected chi connectivity index (χ3v) is 1.87. The predicted octanol–water partition coefficient (Wildman–Crippen LogP) is 0.493. The van der Waals surface area contributed by atoms with E-state index in [0.29, 0.717) is 0 Å². The van der Waals surface area contributed by atoms with Crippen molar-refractivity contribution in [2.45, 2.75) is 0 Å². The summed E-state index contributed by atoms with van der Waals surface area (Å²) >= 11 is 0. The van der Waals surface area contributed by atoms with Gasteiger partial charge in [-0.25, -0.2) is 0 Å². The molecule has 0 aliphatic rings. The number of pyridine rings is 1. The highest BCUT2D eigenvalue weighted by molar-refractivity contribution is 6.38. The average Bonchev–Trinajstić information content (AvgIpc) is 2.06. The first-order chi connectivity index (χ1) is 5.38. The smallest absolute Gasteiger partial charge is 0.140 e. The average molecular weight is 141 g/mol. The second-order valence-electron chi connectivity index (χ2n) is 2.64. The quantitative estimate of drug-likeness (QED) is 0.486. The lowest BCUT2D eigenvalue weighted by atomic mass is 9.93. The van der Waals surface area contributed by atoms with E-state index in [0.717, 1.165) is 5.52 Å². The first kappa shape index (κ1) is 6.41. The third-order valence-electron chi connectivity index (χ3n) is 1.87. The summed E-state index contributed by atoms with van der Waals surface area (Å²) in [6, 6.07) is 10.2. The number of para-hydroxylation sites is 1. The van der Waals surface area contributed by atoms with Gasteiger partial charge in [0.25, 0.3) is 0 Å². The van der Waals surface area contributed by atoms with Gasteiger partial charge in [-0.05, 0) is 17.5 Å². The Labute approximate surface area is 66.5 Å². The molecule has 0 radical (unpaired) electrons. The molecule has 1 heterocycles. The van der Waals surface area contributed by atoms with Crippen molar-refractivity contribution in [1.82, 2.24) is 4.98 Å². The fraction of sp³-hybridized carbons (Fsp3) is 0. The molecule has 1 aromatic heterocycles. The molecule has 1 aromatic carbocycles. The molecular weight excluding hydrogens is 133 g/mol. The van der Waals surface area contributed by atoms with Gasteiger partial charge in [0.1, 0.15) is 7.85 Å². The summed E-state index contributed by atoms with van der Waals surface area (Å²) in [6.45, 7) is 0. The molecule has 2 aromatic rings. The van der Waals surface area contributed by atoms with E-state index in [1.54, 1.807) is 0 Å². The lowest BCUT2D eigenvalue weighted by Crippen LogP contribution is -2.03. The Hall–Kier alpha value is -1.31. The molecule has 0 bridgehead atoms. The van der Waals surface area contributed by atoms with Crippen molar-refractivity contribution >= 4 is 24.2 Å². The zero-order valence-corrected chi connectivity index (χ0v) is 6.41. The minimum Gasteiger partial charge on any atom is -0.256 e. The fourth-order valence-corrected chi connectivity index (χ4v) is 1.24. The van der Waals surface area contributed by atoms with Crippen molar-refractivity contribution in [3.8, 4) is 0 Å². The van der Waals surface area contributed by atoms with E-state index in [4.69, 9.17) is 0 Å². The molecule has 2 rings (SSSR count).